The van der Waals surface area contributed by atoms with Gasteiger partial charge in [-0.2, -0.15) is 4.80 Å². The average Bonchev–Trinajstić information content (AvgIpc) is 3.16. The maximum atomic E-state index is 9.03. The molecule has 134 valence electrons. The first kappa shape index (κ1) is 16.4. The minimum absolute atomic E-state index is 0.138. The fraction of sp³-hybridized carbons (Fsp3) is 0.294. The second-order valence-electron chi connectivity index (χ2n) is 5.96. The molecule has 3 N–H and O–H groups in total. The number of tetrazole rings is 1. The lowest BCUT2D eigenvalue weighted by atomic mass is 10.1. The van der Waals surface area contributed by atoms with E-state index >= 15 is 0 Å². The molecule has 0 aliphatic carbocycles. The third-order valence-electron chi connectivity index (χ3n) is 3.98. The normalized spacial score (nSPS) is 17.1. The zero-order chi connectivity index (χ0) is 17.9. The van der Waals surface area contributed by atoms with Crippen LogP contribution in [0.2, 0.25) is 0 Å². The Morgan fingerprint density at radius 3 is 3.12 bits per heavy atom. The molecule has 2 aromatic heterocycles. The topological polar surface area (TPSA) is 121 Å². The van der Waals surface area contributed by atoms with E-state index in [2.05, 4.69) is 20.4 Å². The highest BCUT2D eigenvalue weighted by Gasteiger charge is 2.24. The molecule has 0 fully saturated rings. The number of nitrogens with zero attached hydrogens (tertiary/aromatic N) is 5. The smallest absolute Gasteiger partial charge is 0.257 e. The lowest BCUT2D eigenvalue weighted by Crippen LogP contribution is -2.30. The van der Waals surface area contributed by atoms with E-state index < -0.39 is 6.04 Å². The van der Waals surface area contributed by atoms with Gasteiger partial charge in [0, 0.05) is 17.8 Å². The number of hydrogen-bond donors (Lipinski definition) is 2. The van der Waals surface area contributed by atoms with Gasteiger partial charge < -0.3 is 20.3 Å². The summed E-state index contributed by atoms with van der Waals surface area (Å²) in [6.07, 6.45) is 1.40. The SMILES string of the molecule is NC(CO)Cn1nnc(-c2cccc([C@@H]3COc4cccnc4O3)c2)n1. The summed E-state index contributed by atoms with van der Waals surface area (Å²) in [4.78, 5) is 5.58. The fourth-order valence-corrected chi connectivity index (χ4v) is 2.65. The van der Waals surface area contributed by atoms with Gasteiger partial charge in [0.15, 0.2) is 11.9 Å². The summed E-state index contributed by atoms with van der Waals surface area (Å²) in [6.45, 7) is 0.555. The molecule has 9 nitrogen and oxygen atoms in total. The second-order valence-corrected chi connectivity index (χ2v) is 5.96. The van der Waals surface area contributed by atoms with Gasteiger partial charge in [-0.25, -0.2) is 4.98 Å². The van der Waals surface area contributed by atoms with Crippen molar-refractivity contribution in [2.45, 2.75) is 18.7 Å². The van der Waals surface area contributed by atoms with Gasteiger partial charge >= 0.3 is 0 Å². The number of rotatable bonds is 5. The van der Waals surface area contributed by atoms with Crippen molar-refractivity contribution in [3.63, 3.8) is 0 Å². The van der Waals surface area contributed by atoms with Crippen LogP contribution in [0.15, 0.2) is 42.6 Å². The van der Waals surface area contributed by atoms with Crippen LogP contribution in [0.1, 0.15) is 11.7 Å². The lowest BCUT2D eigenvalue weighted by Gasteiger charge is -2.25. The van der Waals surface area contributed by atoms with E-state index in [1.165, 1.54) is 4.80 Å². The van der Waals surface area contributed by atoms with Gasteiger partial charge in [-0.05, 0) is 29.0 Å². The molecule has 9 heteroatoms. The van der Waals surface area contributed by atoms with Gasteiger partial charge in [-0.15, -0.1) is 10.2 Å². The number of hydrogen-bond acceptors (Lipinski definition) is 8. The number of aliphatic hydroxyl groups is 1. The summed E-state index contributed by atoms with van der Waals surface area (Å²) in [5.74, 6) is 1.60. The molecule has 1 aliphatic rings. The van der Waals surface area contributed by atoms with E-state index in [-0.39, 0.29) is 12.7 Å². The molecule has 0 amide bonds. The molecule has 0 spiro atoms. The summed E-state index contributed by atoms with van der Waals surface area (Å²) >= 11 is 0. The lowest BCUT2D eigenvalue weighted by molar-refractivity contribution is 0.0851. The standard InChI is InChI=1S/C17H18N6O3/c18-13(9-24)8-23-21-16(20-22-23)12-4-1-3-11(7-12)15-10-25-14-5-2-6-19-17(14)26-15/h1-7,13,15,24H,8-10,18H2/t13?,15-/m0/s1. The Labute approximate surface area is 149 Å². The molecular formula is C17H18N6O3. The number of aromatic nitrogens is 5. The summed E-state index contributed by atoms with van der Waals surface area (Å²) in [6, 6.07) is 10.9. The van der Waals surface area contributed by atoms with Crippen molar-refractivity contribution < 1.29 is 14.6 Å². The van der Waals surface area contributed by atoms with Crippen LogP contribution >= 0.6 is 0 Å². The highest BCUT2D eigenvalue weighted by Crippen LogP contribution is 2.34. The molecule has 4 rings (SSSR count). The molecule has 3 aromatic rings. The van der Waals surface area contributed by atoms with Crippen molar-refractivity contribution in [1.29, 1.82) is 0 Å². The van der Waals surface area contributed by atoms with Crippen LogP contribution in [0, 0.1) is 0 Å². The molecule has 1 aromatic carbocycles. The Morgan fingerprint density at radius 1 is 1.31 bits per heavy atom. The van der Waals surface area contributed by atoms with Gasteiger partial charge in [-0.3, -0.25) is 0 Å². The first-order chi connectivity index (χ1) is 12.7. The maximum Gasteiger partial charge on any atom is 0.257 e. The minimum atomic E-state index is -0.427. The summed E-state index contributed by atoms with van der Waals surface area (Å²) in [5, 5.41) is 21.4. The summed E-state index contributed by atoms with van der Waals surface area (Å²) < 4.78 is 11.7. The van der Waals surface area contributed by atoms with E-state index in [0.29, 0.717) is 30.6 Å². The molecule has 1 unspecified atom stereocenters. The summed E-state index contributed by atoms with van der Waals surface area (Å²) in [7, 11) is 0. The zero-order valence-corrected chi connectivity index (χ0v) is 13.9. The molecule has 1 aliphatic heterocycles. The van der Waals surface area contributed by atoms with Crippen LogP contribution in [-0.4, -0.2) is 49.6 Å². The Balaban J connectivity index is 1.54. The number of fused-ring (bicyclic) bond motifs is 1. The van der Waals surface area contributed by atoms with Crippen LogP contribution in [0.4, 0.5) is 0 Å². The fourth-order valence-electron chi connectivity index (χ4n) is 2.65. The Bertz CT molecular complexity index is 899. The maximum absolute atomic E-state index is 9.03. The number of pyridine rings is 1. The van der Waals surface area contributed by atoms with Gasteiger partial charge in [0.2, 0.25) is 5.82 Å². The number of aliphatic hydroxyl groups excluding tert-OH is 1. The number of ether oxygens (including phenoxy) is 2. The van der Waals surface area contributed by atoms with Crippen LogP contribution in [0.25, 0.3) is 11.4 Å². The second kappa shape index (κ2) is 7.06. The van der Waals surface area contributed by atoms with Crippen molar-refractivity contribution >= 4 is 0 Å². The van der Waals surface area contributed by atoms with E-state index in [9.17, 15) is 0 Å². The quantitative estimate of drug-likeness (QED) is 0.682. The molecule has 2 atom stereocenters. The van der Waals surface area contributed by atoms with E-state index in [0.717, 1.165) is 11.1 Å². The van der Waals surface area contributed by atoms with Gasteiger partial charge in [-0.1, -0.05) is 18.2 Å². The third kappa shape index (κ3) is 3.35. The van der Waals surface area contributed by atoms with Crippen LogP contribution in [0.3, 0.4) is 0 Å². The van der Waals surface area contributed by atoms with Crippen molar-refractivity contribution in [3.05, 3.63) is 48.2 Å². The highest BCUT2D eigenvalue weighted by molar-refractivity contribution is 5.55. The highest BCUT2D eigenvalue weighted by atomic mass is 16.6. The van der Waals surface area contributed by atoms with Crippen molar-refractivity contribution in [2.75, 3.05) is 13.2 Å². The van der Waals surface area contributed by atoms with E-state index in [4.69, 9.17) is 20.3 Å². The Hall–Kier alpha value is -3.04. The third-order valence-corrected chi connectivity index (χ3v) is 3.98. The van der Waals surface area contributed by atoms with Gasteiger partial charge in [0.1, 0.15) is 6.61 Å². The van der Waals surface area contributed by atoms with Gasteiger partial charge in [0.25, 0.3) is 5.88 Å². The van der Waals surface area contributed by atoms with Crippen LogP contribution in [-0.2, 0) is 6.54 Å². The first-order valence-corrected chi connectivity index (χ1v) is 8.22. The monoisotopic (exact) mass is 354 g/mol. The number of benzene rings is 1. The van der Waals surface area contributed by atoms with E-state index in [1.54, 1.807) is 12.3 Å². The largest absolute Gasteiger partial charge is 0.484 e. The Morgan fingerprint density at radius 2 is 2.23 bits per heavy atom. The minimum Gasteiger partial charge on any atom is -0.484 e. The zero-order valence-electron chi connectivity index (χ0n) is 13.9. The molecule has 0 saturated carbocycles. The molecular weight excluding hydrogens is 336 g/mol. The molecule has 0 bridgehead atoms. The average molecular weight is 354 g/mol. The molecule has 0 saturated heterocycles. The van der Waals surface area contributed by atoms with Crippen LogP contribution < -0.4 is 15.2 Å². The van der Waals surface area contributed by atoms with Crippen molar-refractivity contribution in [2.24, 2.45) is 5.73 Å². The Kier molecular flexibility index (Phi) is 4.46. The summed E-state index contributed by atoms with van der Waals surface area (Å²) in [5.41, 5.74) is 7.44. The molecule has 3 heterocycles. The molecule has 26 heavy (non-hydrogen) atoms. The predicted molar refractivity (Wildman–Crippen MR) is 91.4 cm³/mol. The predicted octanol–water partition coefficient (Wildman–Crippen LogP) is 0.567. The van der Waals surface area contributed by atoms with Crippen molar-refractivity contribution in [3.8, 4) is 23.0 Å². The van der Waals surface area contributed by atoms with E-state index in [1.807, 2.05) is 30.3 Å². The van der Waals surface area contributed by atoms with Gasteiger partial charge in [0.05, 0.1) is 13.2 Å². The first-order valence-electron chi connectivity index (χ1n) is 8.22. The van der Waals surface area contributed by atoms with Crippen molar-refractivity contribution in [1.82, 2.24) is 25.2 Å². The molecule has 0 radical (unpaired) electrons. The number of nitrogens with two attached hydrogens (primary N) is 1. The van der Waals surface area contributed by atoms with Crippen LogP contribution in [0.5, 0.6) is 11.6 Å².